The Morgan fingerprint density at radius 1 is 0.966 bits per heavy atom. The van der Waals surface area contributed by atoms with Crippen molar-refractivity contribution in [3.63, 3.8) is 0 Å². The van der Waals surface area contributed by atoms with Crippen molar-refractivity contribution in [2.75, 3.05) is 23.7 Å². The molecule has 7 nitrogen and oxygen atoms in total. The van der Waals surface area contributed by atoms with E-state index in [9.17, 15) is 13.6 Å². The van der Waals surface area contributed by atoms with E-state index in [2.05, 4.69) is 31.1 Å². The highest BCUT2D eigenvalue weighted by atomic mass is 32.2. The van der Waals surface area contributed by atoms with Gasteiger partial charge < -0.3 is 16.0 Å². The van der Waals surface area contributed by atoms with Crippen LogP contribution in [0.2, 0.25) is 0 Å². The number of halogens is 2. The lowest BCUT2D eigenvalue weighted by Gasteiger charge is -2.10. The highest BCUT2D eigenvalue weighted by Crippen LogP contribution is 2.28. The summed E-state index contributed by atoms with van der Waals surface area (Å²) in [6.45, 7) is 0.701. The van der Waals surface area contributed by atoms with E-state index in [1.165, 1.54) is 12.1 Å². The van der Waals surface area contributed by atoms with Gasteiger partial charge in [-0.2, -0.15) is 8.78 Å². The highest BCUT2D eigenvalue weighted by Gasteiger charge is 2.14. The number of amides is 1. The number of alkyl halides is 2. The van der Waals surface area contributed by atoms with Gasteiger partial charge in [-0.15, -0.1) is 10.2 Å². The topological polar surface area (TPSA) is 91.8 Å². The van der Waals surface area contributed by atoms with Crippen LogP contribution in [0.5, 0.6) is 0 Å². The van der Waals surface area contributed by atoms with Gasteiger partial charge in [0.2, 0.25) is 0 Å². The molecule has 1 aromatic carbocycles. The third kappa shape index (κ3) is 6.39. The predicted molar refractivity (Wildman–Crippen MR) is 109 cm³/mol. The van der Waals surface area contributed by atoms with Gasteiger partial charge in [0, 0.05) is 36.1 Å². The highest BCUT2D eigenvalue weighted by molar-refractivity contribution is 7.99. The zero-order valence-electron chi connectivity index (χ0n) is 15.2. The van der Waals surface area contributed by atoms with E-state index in [-0.39, 0.29) is 10.5 Å². The number of rotatable bonds is 9. The van der Waals surface area contributed by atoms with E-state index >= 15 is 0 Å². The van der Waals surface area contributed by atoms with Gasteiger partial charge in [-0.1, -0.05) is 23.9 Å². The van der Waals surface area contributed by atoms with Crippen molar-refractivity contribution < 1.29 is 13.6 Å². The summed E-state index contributed by atoms with van der Waals surface area (Å²) in [5, 5.41) is 17.0. The minimum Gasteiger partial charge on any atom is -0.367 e. The fourth-order valence-electron chi connectivity index (χ4n) is 2.39. The number of thioether (sulfide) groups is 1. The number of carbonyl (C=O) groups excluding carboxylic acids is 1. The Labute approximate surface area is 170 Å². The second-order valence-electron chi connectivity index (χ2n) is 5.72. The maximum absolute atomic E-state index is 12.6. The molecule has 0 aliphatic rings. The summed E-state index contributed by atoms with van der Waals surface area (Å²) in [6.07, 6.45) is 3.34. The van der Waals surface area contributed by atoms with Gasteiger partial charge in [-0.05, 0) is 36.4 Å². The fourth-order valence-corrected chi connectivity index (χ4v) is 3.03. The molecule has 0 saturated heterocycles. The van der Waals surface area contributed by atoms with E-state index in [1.807, 2.05) is 12.1 Å². The maximum atomic E-state index is 12.6. The average Bonchev–Trinajstić information content (AvgIpc) is 2.73. The van der Waals surface area contributed by atoms with Crippen LogP contribution in [0.3, 0.4) is 0 Å². The molecule has 0 aliphatic heterocycles. The van der Waals surface area contributed by atoms with Crippen molar-refractivity contribution in [2.24, 2.45) is 0 Å². The molecule has 0 aliphatic carbocycles. The smallest absolute Gasteiger partial charge is 0.288 e. The van der Waals surface area contributed by atoms with Gasteiger partial charge in [0.25, 0.3) is 11.7 Å². The molecule has 0 unspecified atom stereocenters. The van der Waals surface area contributed by atoms with Crippen molar-refractivity contribution >= 4 is 35.0 Å². The van der Waals surface area contributed by atoms with Gasteiger partial charge in [-0.25, -0.2) is 0 Å². The lowest BCUT2D eigenvalue weighted by molar-refractivity contribution is 0.0952. The lowest BCUT2D eigenvalue weighted by Crippen LogP contribution is -2.29. The van der Waals surface area contributed by atoms with Gasteiger partial charge >= 0.3 is 0 Å². The minimum absolute atomic E-state index is 0.226. The van der Waals surface area contributed by atoms with Gasteiger partial charge in [0.05, 0.1) is 5.56 Å². The summed E-state index contributed by atoms with van der Waals surface area (Å²) >= 11 is 0.354. The van der Waals surface area contributed by atoms with Crippen LogP contribution in [0.1, 0.15) is 10.4 Å². The second kappa shape index (κ2) is 10.3. The summed E-state index contributed by atoms with van der Waals surface area (Å²) in [4.78, 5) is 16.4. The Kier molecular flexibility index (Phi) is 7.28. The molecule has 0 atom stereocenters. The Bertz CT molecular complexity index is 927. The standard InChI is InChI=1S/C19H18F2N6OS/c20-19(21)29-15-4-2-1-3-14(15)18(28)24-12-11-23-16-5-6-17(27-26-16)25-13-7-9-22-10-8-13/h1-10,19H,11-12H2,(H,23,26)(H,24,28)(H,22,25,27). The molecule has 10 heteroatoms. The number of aromatic nitrogens is 3. The van der Waals surface area contributed by atoms with Crippen molar-refractivity contribution in [1.82, 2.24) is 20.5 Å². The number of hydrogen-bond donors (Lipinski definition) is 3. The van der Waals surface area contributed by atoms with Crippen LogP contribution in [-0.2, 0) is 0 Å². The Balaban J connectivity index is 1.45. The Morgan fingerprint density at radius 2 is 1.69 bits per heavy atom. The maximum Gasteiger partial charge on any atom is 0.288 e. The number of nitrogens with one attached hydrogen (secondary N) is 3. The van der Waals surface area contributed by atoms with E-state index in [4.69, 9.17) is 0 Å². The normalized spacial score (nSPS) is 10.6. The second-order valence-corrected chi connectivity index (χ2v) is 6.75. The molecule has 29 heavy (non-hydrogen) atoms. The van der Waals surface area contributed by atoms with Crippen LogP contribution >= 0.6 is 11.8 Å². The van der Waals surface area contributed by atoms with Crippen LogP contribution in [0, 0.1) is 0 Å². The third-order valence-corrected chi connectivity index (χ3v) is 4.47. The zero-order chi connectivity index (χ0) is 20.5. The van der Waals surface area contributed by atoms with E-state index in [0.717, 1.165) is 5.69 Å². The lowest BCUT2D eigenvalue weighted by atomic mass is 10.2. The molecule has 0 fully saturated rings. The molecule has 3 aromatic rings. The summed E-state index contributed by atoms with van der Waals surface area (Å²) in [6, 6.07) is 13.4. The zero-order valence-corrected chi connectivity index (χ0v) is 16.0. The van der Waals surface area contributed by atoms with Gasteiger partial charge in [0.1, 0.15) is 5.82 Å². The van der Waals surface area contributed by atoms with E-state index in [1.54, 1.807) is 36.7 Å². The molecule has 0 saturated carbocycles. The number of nitrogens with zero attached hydrogens (tertiary/aromatic N) is 3. The molecular formula is C19H18F2N6OS. The first-order valence-electron chi connectivity index (χ1n) is 8.68. The molecule has 0 radical (unpaired) electrons. The Hall–Kier alpha value is -3.27. The number of pyridine rings is 1. The molecule has 3 N–H and O–H groups in total. The van der Waals surface area contributed by atoms with Crippen LogP contribution < -0.4 is 16.0 Å². The van der Waals surface area contributed by atoms with Crippen LogP contribution in [-0.4, -0.2) is 39.9 Å². The van der Waals surface area contributed by atoms with Crippen LogP contribution in [0.25, 0.3) is 0 Å². The van der Waals surface area contributed by atoms with Crippen LogP contribution in [0.15, 0.2) is 65.8 Å². The minimum atomic E-state index is -2.58. The van der Waals surface area contributed by atoms with Crippen molar-refractivity contribution in [3.05, 3.63) is 66.5 Å². The molecule has 0 bridgehead atoms. The van der Waals surface area contributed by atoms with E-state index < -0.39 is 11.7 Å². The van der Waals surface area contributed by atoms with Crippen LogP contribution in [0.4, 0.5) is 26.1 Å². The Morgan fingerprint density at radius 3 is 2.41 bits per heavy atom. The summed E-state index contributed by atoms with van der Waals surface area (Å²) in [7, 11) is 0. The molecule has 2 aromatic heterocycles. The van der Waals surface area contributed by atoms with E-state index in [0.29, 0.717) is 36.5 Å². The number of hydrogen-bond acceptors (Lipinski definition) is 7. The SMILES string of the molecule is O=C(NCCNc1ccc(Nc2ccncc2)nn1)c1ccccc1SC(F)F. The molecule has 3 rings (SSSR count). The van der Waals surface area contributed by atoms with Crippen molar-refractivity contribution in [1.29, 1.82) is 0 Å². The number of anilines is 3. The molecule has 1 amide bonds. The van der Waals surface area contributed by atoms with Gasteiger partial charge in [-0.3, -0.25) is 9.78 Å². The molecule has 2 heterocycles. The quantitative estimate of drug-likeness (QED) is 0.361. The first-order valence-corrected chi connectivity index (χ1v) is 9.56. The molecule has 150 valence electrons. The number of benzene rings is 1. The monoisotopic (exact) mass is 416 g/mol. The summed E-state index contributed by atoms with van der Waals surface area (Å²) in [5.41, 5.74) is 1.08. The predicted octanol–water partition coefficient (Wildman–Crippen LogP) is 3.77. The first kappa shape index (κ1) is 20.5. The molecular weight excluding hydrogens is 398 g/mol. The summed E-state index contributed by atoms with van der Waals surface area (Å²) in [5.74, 6) is -1.85. The third-order valence-electron chi connectivity index (χ3n) is 3.68. The van der Waals surface area contributed by atoms with Crippen molar-refractivity contribution in [2.45, 2.75) is 10.7 Å². The summed E-state index contributed by atoms with van der Waals surface area (Å²) < 4.78 is 25.2. The van der Waals surface area contributed by atoms with Crippen molar-refractivity contribution in [3.8, 4) is 0 Å². The average molecular weight is 416 g/mol. The first-order chi connectivity index (χ1) is 14.1. The molecule has 0 spiro atoms. The number of carbonyl (C=O) groups is 1. The largest absolute Gasteiger partial charge is 0.367 e. The fraction of sp³-hybridized carbons (Fsp3) is 0.158. The van der Waals surface area contributed by atoms with Gasteiger partial charge in [0.15, 0.2) is 5.82 Å².